The third kappa shape index (κ3) is 3.96. The molecule has 0 atom stereocenters. The summed E-state index contributed by atoms with van der Waals surface area (Å²) in [6, 6.07) is 18.6. The number of benzene rings is 3. The minimum absolute atomic E-state index is 0.147. The lowest BCUT2D eigenvalue weighted by Gasteiger charge is -2.17. The number of fused-ring (bicyclic) bond motifs is 2. The Kier molecular flexibility index (Phi) is 5.95. The fourth-order valence-corrected chi connectivity index (χ4v) is 4.10. The second-order valence-electron chi connectivity index (χ2n) is 7.81. The molecule has 0 saturated carbocycles. The molecule has 0 N–H and O–H groups in total. The van der Waals surface area contributed by atoms with Gasteiger partial charge in [0.1, 0.15) is 11.5 Å². The number of hydrogen-bond acceptors (Lipinski definition) is 3. The first-order valence-corrected chi connectivity index (χ1v) is 10.6. The first kappa shape index (κ1) is 21.6. The van der Waals surface area contributed by atoms with Gasteiger partial charge in [0.15, 0.2) is 0 Å². The van der Waals surface area contributed by atoms with Crippen molar-refractivity contribution in [2.24, 2.45) is 0 Å². The van der Waals surface area contributed by atoms with E-state index in [1.54, 1.807) is 20.0 Å². The normalized spacial score (nSPS) is 11.1. The van der Waals surface area contributed by atoms with Crippen molar-refractivity contribution in [2.45, 2.75) is 26.9 Å². The van der Waals surface area contributed by atoms with Crippen LogP contribution < -0.4 is 0 Å². The molecule has 0 radical (unpaired) electrons. The Morgan fingerprint density at radius 1 is 1.03 bits per heavy atom. The molecule has 0 unspecified atom stereocenters. The average molecular weight is 432 g/mol. The van der Waals surface area contributed by atoms with Gasteiger partial charge >= 0.3 is 5.97 Å². The van der Waals surface area contributed by atoms with Gasteiger partial charge in [-0.1, -0.05) is 42.5 Å². The molecule has 1 amide bonds. The van der Waals surface area contributed by atoms with Crippen LogP contribution in [0.25, 0.3) is 21.7 Å². The van der Waals surface area contributed by atoms with Gasteiger partial charge in [-0.3, -0.25) is 4.79 Å². The zero-order valence-electron chi connectivity index (χ0n) is 18.4. The van der Waals surface area contributed by atoms with E-state index in [0.717, 1.165) is 16.3 Å². The number of esters is 1. The predicted octanol–water partition coefficient (Wildman–Crippen LogP) is 5.14. The summed E-state index contributed by atoms with van der Waals surface area (Å²) >= 11 is 0. The van der Waals surface area contributed by atoms with Gasteiger partial charge in [-0.05, 0) is 41.5 Å². The van der Waals surface area contributed by atoms with Crippen LogP contribution >= 0.6 is 0 Å². The Bertz CT molecular complexity index is 1320. The molecule has 164 valence electrons. The van der Waals surface area contributed by atoms with Crippen molar-refractivity contribution >= 4 is 33.6 Å². The van der Waals surface area contributed by atoms with E-state index in [1.165, 1.54) is 24.0 Å². The molecule has 3 aromatic carbocycles. The van der Waals surface area contributed by atoms with Crippen LogP contribution in [0.1, 0.15) is 35.5 Å². The summed E-state index contributed by atoms with van der Waals surface area (Å²) in [7, 11) is 1.66. The van der Waals surface area contributed by atoms with Gasteiger partial charge in [0.25, 0.3) is 0 Å². The van der Waals surface area contributed by atoms with Crippen LogP contribution in [0.3, 0.4) is 0 Å². The van der Waals surface area contributed by atoms with E-state index >= 15 is 0 Å². The van der Waals surface area contributed by atoms with Crippen molar-refractivity contribution in [1.29, 1.82) is 0 Å². The van der Waals surface area contributed by atoms with E-state index in [4.69, 9.17) is 4.74 Å². The maximum atomic E-state index is 14.2. The first-order valence-electron chi connectivity index (χ1n) is 10.6. The highest BCUT2D eigenvalue weighted by atomic mass is 19.1. The lowest BCUT2D eigenvalue weighted by Crippen LogP contribution is -2.25. The van der Waals surface area contributed by atoms with Crippen LogP contribution in [0.5, 0.6) is 0 Å². The quantitative estimate of drug-likeness (QED) is 0.397. The molecule has 5 nitrogen and oxygen atoms in total. The number of carbonyl (C=O) groups excluding carboxylic acids is 2. The first-order chi connectivity index (χ1) is 15.4. The monoisotopic (exact) mass is 432 g/mol. The van der Waals surface area contributed by atoms with Gasteiger partial charge in [-0.15, -0.1) is 0 Å². The molecule has 1 heterocycles. The highest BCUT2D eigenvalue weighted by molar-refractivity contribution is 5.99. The van der Waals surface area contributed by atoms with Gasteiger partial charge in [-0.2, -0.15) is 0 Å². The van der Waals surface area contributed by atoms with E-state index in [2.05, 4.69) is 0 Å². The van der Waals surface area contributed by atoms with E-state index in [1.807, 2.05) is 47.0 Å². The summed E-state index contributed by atoms with van der Waals surface area (Å²) in [5.41, 5.74) is 2.67. The van der Waals surface area contributed by atoms with Crippen LogP contribution in [-0.2, 0) is 22.6 Å². The van der Waals surface area contributed by atoms with Crippen molar-refractivity contribution in [3.63, 3.8) is 0 Å². The molecule has 0 fully saturated rings. The highest BCUT2D eigenvalue weighted by Crippen LogP contribution is 2.31. The zero-order chi connectivity index (χ0) is 22.8. The molecule has 4 aromatic rings. The Morgan fingerprint density at radius 3 is 2.53 bits per heavy atom. The summed E-state index contributed by atoms with van der Waals surface area (Å²) in [6.45, 7) is 3.99. The molecular formula is C26H25FN2O3. The molecule has 0 aliphatic carbocycles. The van der Waals surface area contributed by atoms with Gasteiger partial charge in [-0.25, -0.2) is 9.18 Å². The van der Waals surface area contributed by atoms with Crippen molar-refractivity contribution in [1.82, 2.24) is 9.47 Å². The maximum Gasteiger partial charge on any atom is 0.355 e. The van der Waals surface area contributed by atoms with Crippen LogP contribution in [0.4, 0.5) is 4.39 Å². The Balaban J connectivity index is 1.97. The second-order valence-corrected chi connectivity index (χ2v) is 7.81. The molecule has 4 rings (SSSR count). The van der Waals surface area contributed by atoms with Crippen molar-refractivity contribution < 1.29 is 18.7 Å². The summed E-state index contributed by atoms with van der Waals surface area (Å²) in [5.74, 6) is -1.04. The second kappa shape index (κ2) is 8.83. The molecule has 1 aromatic heterocycles. The molecule has 0 bridgehead atoms. The fourth-order valence-electron chi connectivity index (χ4n) is 4.10. The van der Waals surface area contributed by atoms with E-state index < -0.39 is 11.8 Å². The molecule has 0 spiro atoms. The van der Waals surface area contributed by atoms with Crippen molar-refractivity contribution in [3.8, 4) is 0 Å². The number of rotatable bonds is 6. The van der Waals surface area contributed by atoms with Crippen molar-refractivity contribution in [2.75, 3.05) is 13.7 Å². The number of amides is 1. The van der Waals surface area contributed by atoms with Crippen LogP contribution in [-0.4, -0.2) is 35.0 Å². The number of hydrogen-bond donors (Lipinski definition) is 0. The van der Waals surface area contributed by atoms with Crippen LogP contribution in [0.15, 0.2) is 60.7 Å². The highest BCUT2D eigenvalue weighted by Gasteiger charge is 2.26. The Hall–Kier alpha value is -3.67. The fraction of sp³-hybridized carbons (Fsp3) is 0.231. The molecule has 0 aliphatic rings. The van der Waals surface area contributed by atoms with Crippen LogP contribution in [0.2, 0.25) is 0 Å². The Morgan fingerprint density at radius 2 is 1.78 bits per heavy atom. The predicted molar refractivity (Wildman–Crippen MR) is 123 cm³/mol. The SMILES string of the molecule is CCOC(=O)c1c(CN(C)C(C)=O)c2cc(F)ccc2n1Cc1cccc2ccccc12. The summed E-state index contributed by atoms with van der Waals surface area (Å²) < 4.78 is 21.5. The topological polar surface area (TPSA) is 51.5 Å². The number of ether oxygens (including phenoxy) is 1. The third-order valence-electron chi connectivity index (χ3n) is 5.74. The lowest BCUT2D eigenvalue weighted by atomic mass is 10.0. The smallest absolute Gasteiger partial charge is 0.355 e. The van der Waals surface area contributed by atoms with Gasteiger partial charge in [0.05, 0.1) is 6.61 Å². The van der Waals surface area contributed by atoms with Gasteiger partial charge in [0, 0.05) is 43.5 Å². The minimum Gasteiger partial charge on any atom is -0.461 e. The van der Waals surface area contributed by atoms with Gasteiger partial charge in [0.2, 0.25) is 5.91 Å². The number of halogens is 1. The minimum atomic E-state index is -0.490. The third-order valence-corrected chi connectivity index (χ3v) is 5.74. The summed E-state index contributed by atoms with van der Waals surface area (Å²) in [4.78, 5) is 26.5. The number of nitrogens with zero attached hydrogens (tertiary/aromatic N) is 2. The average Bonchev–Trinajstić information content (AvgIpc) is 3.06. The molecule has 6 heteroatoms. The standard InChI is InChI=1S/C26H25FN2O3/c1-4-32-26(31)25-23(16-28(3)17(2)30)22-14-20(27)12-13-24(22)29(25)15-19-10-7-9-18-8-5-6-11-21(18)19/h5-14H,4,15-16H2,1-3H3. The molecule has 0 aliphatic heterocycles. The summed E-state index contributed by atoms with van der Waals surface area (Å²) in [5, 5.41) is 2.78. The van der Waals surface area contributed by atoms with E-state index in [-0.39, 0.29) is 19.1 Å². The van der Waals surface area contributed by atoms with Crippen LogP contribution in [0, 0.1) is 5.82 Å². The lowest BCUT2D eigenvalue weighted by molar-refractivity contribution is -0.128. The largest absolute Gasteiger partial charge is 0.461 e. The molecule has 32 heavy (non-hydrogen) atoms. The van der Waals surface area contributed by atoms with Gasteiger partial charge < -0.3 is 14.2 Å². The zero-order valence-corrected chi connectivity index (χ0v) is 18.4. The Labute approximate surface area is 186 Å². The number of carbonyl (C=O) groups is 2. The van der Waals surface area contributed by atoms with E-state index in [9.17, 15) is 14.0 Å². The number of aromatic nitrogens is 1. The van der Waals surface area contributed by atoms with E-state index in [0.29, 0.717) is 28.7 Å². The maximum absolute atomic E-state index is 14.2. The van der Waals surface area contributed by atoms with Crippen molar-refractivity contribution in [3.05, 3.63) is 83.3 Å². The molecule has 0 saturated heterocycles. The summed E-state index contributed by atoms with van der Waals surface area (Å²) in [6.07, 6.45) is 0. The molecular weight excluding hydrogens is 407 g/mol.